The maximum atomic E-state index is 12.0. The third-order valence-corrected chi connectivity index (χ3v) is 1.83. The van der Waals surface area contributed by atoms with Gasteiger partial charge >= 0.3 is 12.1 Å². The molecule has 1 saturated carbocycles. The molecule has 7 heteroatoms. The van der Waals surface area contributed by atoms with Crippen LogP contribution >= 0.6 is 0 Å². The van der Waals surface area contributed by atoms with Crippen LogP contribution in [0.5, 0.6) is 0 Å². The molecule has 1 fully saturated rings. The highest BCUT2D eigenvalue weighted by atomic mass is 19.4. The molecule has 1 aliphatic carbocycles. The Morgan fingerprint density at radius 3 is 2.57 bits per heavy atom. The zero-order valence-corrected chi connectivity index (χ0v) is 7.14. The Balaban J connectivity index is 1.94. The lowest BCUT2D eigenvalue weighted by atomic mass is 10.6. The van der Waals surface area contributed by atoms with Crippen molar-refractivity contribution in [1.29, 1.82) is 0 Å². The highest BCUT2D eigenvalue weighted by Crippen LogP contribution is 2.27. The number of hydrogen-bond acceptors (Lipinski definition) is 4. The molecule has 0 bridgehead atoms. The van der Waals surface area contributed by atoms with E-state index >= 15 is 0 Å². The summed E-state index contributed by atoms with van der Waals surface area (Å²) < 4.78 is 40.4. The van der Waals surface area contributed by atoms with Gasteiger partial charge in [-0.2, -0.15) is 13.2 Å². The van der Waals surface area contributed by atoms with Crippen molar-refractivity contribution < 1.29 is 17.6 Å². The zero-order chi connectivity index (χ0) is 10.2. The summed E-state index contributed by atoms with van der Waals surface area (Å²) >= 11 is 0. The Morgan fingerprint density at radius 1 is 1.36 bits per heavy atom. The van der Waals surface area contributed by atoms with Crippen molar-refractivity contribution in [3.8, 4) is 0 Å². The van der Waals surface area contributed by atoms with E-state index in [1.807, 2.05) is 0 Å². The average Bonchev–Trinajstić information content (AvgIpc) is 2.77. The lowest BCUT2D eigenvalue weighted by Gasteiger charge is -1.98. The fourth-order valence-corrected chi connectivity index (χ4v) is 0.959. The van der Waals surface area contributed by atoms with Gasteiger partial charge in [-0.1, -0.05) is 0 Å². The molecule has 0 spiro atoms. The SMILES string of the molecule is FC(F)(F)c1nnc(CNC2CC2)o1. The summed E-state index contributed by atoms with van der Waals surface area (Å²) in [6.45, 7) is 0.202. The molecule has 0 amide bonds. The van der Waals surface area contributed by atoms with Crippen LogP contribution in [-0.4, -0.2) is 16.2 Å². The van der Waals surface area contributed by atoms with Crippen LogP contribution in [-0.2, 0) is 12.7 Å². The third-order valence-electron chi connectivity index (χ3n) is 1.83. The highest BCUT2D eigenvalue weighted by molar-refractivity contribution is 4.88. The molecule has 0 radical (unpaired) electrons. The molecular formula is C7H8F3N3O. The molecule has 0 atom stereocenters. The first-order chi connectivity index (χ1) is 6.55. The maximum Gasteiger partial charge on any atom is 0.470 e. The predicted octanol–water partition coefficient (Wildman–Crippen LogP) is 1.34. The number of hydrogen-bond donors (Lipinski definition) is 1. The van der Waals surface area contributed by atoms with E-state index in [1.165, 1.54) is 0 Å². The number of nitrogens with zero attached hydrogens (tertiary/aromatic N) is 2. The van der Waals surface area contributed by atoms with Crippen molar-refractivity contribution >= 4 is 0 Å². The molecule has 1 N–H and O–H groups in total. The topological polar surface area (TPSA) is 51.0 Å². The number of rotatable bonds is 3. The van der Waals surface area contributed by atoms with Gasteiger partial charge in [0.25, 0.3) is 0 Å². The van der Waals surface area contributed by atoms with Gasteiger partial charge in [-0.15, -0.1) is 10.2 Å². The Labute approximate surface area is 77.5 Å². The molecule has 0 aliphatic heterocycles. The van der Waals surface area contributed by atoms with Crippen LogP contribution in [0.25, 0.3) is 0 Å². The van der Waals surface area contributed by atoms with Crippen LogP contribution in [0.1, 0.15) is 24.6 Å². The molecule has 14 heavy (non-hydrogen) atoms. The van der Waals surface area contributed by atoms with E-state index in [4.69, 9.17) is 0 Å². The molecule has 1 aromatic heterocycles. The van der Waals surface area contributed by atoms with Gasteiger partial charge in [0, 0.05) is 6.04 Å². The minimum Gasteiger partial charge on any atom is -0.416 e. The number of halogens is 3. The van der Waals surface area contributed by atoms with E-state index < -0.39 is 12.1 Å². The first-order valence-corrected chi connectivity index (χ1v) is 4.18. The van der Waals surface area contributed by atoms with Crippen LogP contribution in [0.2, 0.25) is 0 Å². The first-order valence-electron chi connectivity index (χ1n) is 4.18. The second kappa shape index (κ2) is 3.23. The number of aromatic nitrogens is 2. The summed E-state index contributed by atoms with van der Waals surface area (Å²) in [5.74, 6) is -1.31. The summed E-state index contributed by atoms with van der Waals surface area (Å²) in [4.78, 5) is 0. The van der Waals surface area contributed by atoms with Crippen LogP contribution in [0, 0.1) is 0 Å². The summed E-state index contributed by atoms with van der Waals surface area (Å²) in [5.41, 5.74) is 0. The Bertz CT molecular complexity index is 318. The van der Waals surface area contributed by atoms with E-state index in [9.17, 15) is 13.2 Å². The quantitative estimate of drug-likeness (QED) is 0.812. The van der Waals surface area contributed by atoms with Crippen molar-refractivity contribution in [2.75, 3.05) is 0 Å². The lowest BCUT2D eigenvalue weighted by molar-refractivity contribution is -0.157. The smallest absolute Gasteiger partial charge is 0.416 e. The molecule has 0 unspecified atom stereocenters. The van der Waals surface area contributed by atoms with Crippen molar-refractivity contribution in [2.24, 2.45) is 0 Å². The molecule has 2 rings (SSSR count). The van der Waals surface area contributed by atoms with Crippen molar-refractivity contribution in [2.45, 2.75) is 31.6 Å². The molecular weight excluding hydrogens is 199 g/mol. The van der Waals surface area contributed by atoms with E-state index in [2.05, 4.69) is 19.9 Å². The van der Waals surface area contributed by atoms with Crippen LogP contribution in [0.15, 0.2) is 4.42 Å². The molecule has 1 aliphatic rings. The van der Waals surface area contributed by atoms with Crippen molar-refractivity contribution in [1.82, 2.24) is 15.5 Å². The van der Waals surface area contributed by atoms with Gasteiger partial charge < -0.3 is 9.73 Å². The van der Waals surface area contributed by atoms with Gasteiger partial charge in [-0.05, 0) is 12.8 Å². The fraction of sp³-hybridized carbons (Fsp3) is 0.714. The third kappa shape index (κ3) is 2.22. The molecule has 78 valence electrons. The van der Waals surface area contributed by atoms with E-state index in [1.54, 1.807) is 0 Å². The van der Waals surface area contributed by atoms with E-state index in [0.29, 0.717) is 6.04 Å². The minimum absolute atomic E-state index is 0.0239. The van der Waals surface area contributed by atoms with Gasteiger partial charge in [0.15, 0.2) is 0 Å². The van der Waals surface area contributed by atoms with Crippen LogP contribution in [0.4, 0.5) is 13.2 Å². The Kier molecular flexibility index (Phi) is 2.18. The minimum atomic E-state index is -4.55. The zero-order valence-electron chi connectivity index (χ0n) is 7.14. The van der Waals surface area contributed by atoms with Gasteiger partial charge in [-0.25, -0.2) is 0 Å². The van der Waals surface area contributed by atoms with Gasteiger partial charge in [0.1, 0.15) is 0 Å². The van der Waals surface area contributed by atoms with E-state index in [-0.39, 0.29) is 12.4 Å². The fourth-order valence-electron chi connectivity index (χ4n) is 0.959. The summed E-state index contributed by atoms with van der Waals surface area (Å²) in [6, 6.07) is 0.399. The van der Waals surface area contributed by atoms with Crippen LogP contribution in [0.3, 0.4) is 0 Å². The molecule has 1 heterocycles. The summed E-state index contributed by atoms with van der Waals surface area (Å²) in [5, 5.41) is 9.16. The second-order valence-electron chi connectivity index (χ2n) is 3.15. The molecule has 4 nitrogen and oxygen atoms in total. The summed E-state index contributed by atoms with van der Waals surface area (Å²) in [7, 11) is 0. The first kappa shape index (κ1) is 9.45. The molecule has 1 aromatic rings. The Hall–Kier alpha value is -1.11. The van der Waals surface area contributed by atoms with Gasteiger partial charge in [0.05, 0.1) is 6.54 Å². The Morgan fingerprint density at radius 2 is 2.07 bits per heavy atom. The monoisotopic (exact) mass is 207 g/mol. The number of nitrogens with one attached hydrogen (secondary N) is 1. The lowest BCUT2D eigenvalue weighted by Crippen LogP contribution is -2.15. The number of alkyl halides is 3. The normalized spacial score (nSPS) is 17.4. The largest absolute Gasteiger partial charge is 0.470 e. The summed E-state index contributed by atoms with van der Waals surface area (Å²) in [6.07, 6.45) is -2.44. The highest BCUT2D eigenvalue weighted by Gasteiger charge is 2.38. The van der Waals surface area contributed by atoms with Gasteiger partial charge in [0.2, 0.25) is 5.89 Å². The van der Waals surface area contributed by atoms with Crippen LogP contribution < -0.4 is 5.32 Å². The molecule has 0 aromatic carbocycles. The van der Waals surface area contributed by atoms with E-state index in [0.717, 1.165) is 12.8 Å². The van der Waals surface area contributed by atoms with Gasteiger partial charge in [-0.3, -0.25) is 0 Å². The predicted molar refractivity (Wildman–Crippen MR) is 39.2 cm³/mol. The average molecular weight is 207 g/mol. The van der Waals surface area contributed by atoms with Crippen molar-refractivity contribution in [3.05, 3.63) is 11.8 Å². The standard InChI is InChI=1S/C7H8F3N3O/c8-7(9,10)6-13-12-5(14-6)3-11-4-1-2-4/h4,11H,1-3H2. The second-order valence-corrected chi connectivity index (χ2v) is 3.15. The van der Waals surface area contributed by atoms with Crippen molar-refractivity contribution in [3.63, 3.8) is 0 Å². The molecule has 0 saturated heterocycles. The maximum absolute atomic E-state index is 12.0.